The first-order valence-corrected chi connectivity index (χ1v) is 6.65. The number of carbonyl (C=O) groups excluding carboxylic acids is 1. The van der Waals surface area contributed by atoms with Crippen molar-refractivity contribution in [2.45, 2.75) is 6.42 Å². The van der Waals surface area contributed by atoms with Crippen LogP contribution in [0, 0.1) is 5.82 Å². The molecule has 0 N–H and O–H groups in total. The molecule has 0 aliphatic heterocycles. The van der Waals surface area contributed by atoms with Crippen LogP contribution in [0.1, 0.15) is 5.56 Å². The van der Waals surface area contributed by atoms with E-state index >= 15 is 0 Å². The fourth-order valence-electron chi connectivity index (χ4n) is 1.63. The Hall–Kier alpha value is -1.58. The Bertz CT molecular complexity index is 612. The van der Waals surface area contributed by atoms with Crippen LogP contribution < -0.4 is 4.74 Å². The lowest BCUT2D eigenvalue weighted by atomic mass is 10.1. The third kappa shape index (κ3) is 3.95. The molecular formula is C15H11Cl2FO2. The maximum Gasteiger partial charge on any atom is 0.174 e. The number of Topliss-reactive ketones (excluding diaryl/α,β-unsaturated/α-hetero) is 1. The molecule has 20 heavy (non-hydrogen) atoms. The number of carbonyl (C=O) groups is 1. The summed E-state index contributed by atoms with van der Waals surface area (Å²) in [5.41, 5.74) is 0.734. The summed E-state index contributed by atoms with van der Waals surface area (Å²) in [5.74, 6) is -0.0950. The lowest BCUT2D eigenvalue weighted by Gasteiger charge is -2.08. The van der Waals surface area contributed by atoms with Crippen molar-refractivity contribution in [3.8, 4) is 5.75 Å². The normalized spacial score (nSPS) is 10.3. The fourth-order valence-corrected chi connectivity index (χ4v) is 1.98. The van der Waals surface area contributed by atoms with Gasteiger partial charge in [0.05, 0.1) is 5.02 Å². The third-order valence-electron chi connectivity index (χ3n) is 2.62. The Balaban J connectivity index is 1.92. The van der Waals surface area contributed by atoms with Crippen LogP contribution >= 0.6 is 23.2 Å². The van der Waals surface area contributed by atoms with Crippen molar-refractivity contribution in [3.63, 3.8) is 0 Å². The van der Waals surface area contributed by atoms with Crippen LogP contribution in [0.15, 0.2) is 42.5 Å². The highest BCUT2D eigenvalue weighted by Gasteiger charge is 2.09. The van der Waals surface area contributed by atoms with Crippen LogP contribution in [0.25, 0.3) is 0 Å². The minimum Gasteiger partial charge on any atom is -0.484 e. The van der Waals surface area contributed by atoms with Gasteiger partial charge in [-0.25, -0.2) is 4.39 Å². The monoisotopic (exact) mass is 312 g/mol. The zero-order valence-electron chi connectivity index (χ0n) is 10.4. The quantitative estimate of drug-likeness (QED) is 0.821. The molecule has 0 amide bonds. The Labute approximate surface area is 126 Å². The molecule has 0 atom stereocenters. The number of hydrogen-bond acceptors (Lipinski definition) is 2. The van der Waals surface area contributed by atoms with Crippen LogP contribution in [-0.2, 0) is 11.2 Å². The van der Waals surface area contributed by atoms with Crippen LogP contribution in [-0.4, -0.2) is 12.4 Å². The first kappa shape index (κ1) is 14.8. The smallest absolute Gasteiger partial charge is 0.174 e. The maximum atomic E-state index is 12.7. The van der Waals surface area contributed by atoms with E-state index < -0.39 is 0 Å². The average molecular weight is 313 g/mol. The van der Waals surface area contributed by atoms with Crippen molar-refractivity contribution in [1.82, 2.24) is 0 Å². The molecule has 104 valence electrons. The second-order valence-electron chi connectivity index (χ2n) is 4.18. The molecule has 2 nitrogen and oxygen atoms in total. The van der Waals surface area contributed by atoms with E-state index in [1.54, 1.807) is 30.3 Å². The molecule has 2 aromatic rings. The number of ether oxygens (including phenoxy) is 1. The van der Waals surface area contributed by atoms with Crippen molar-refractivity contribution < 1.29 is 13.9 Å². The largest absolute Gasteiger partial charge is 0.484 e. The van der Waals surface area contributed by atoms with Crippen LogP contribution in [0.2, 0.25) is 10.0 Å². The van der Waals surface area contributed by atoms with Gasteiger partial charge >= 0.3 is 0 Å². The standard InChI is InChI=1S/C15H11Cl2FO2/c16-13-2-1-3-14(15(13)17)20-9-12(19)8-10-4-6-11(18)7-5-10/h1-7H,8-9H2. The van der Waals surface area contributed by atoms with E-state index in [4.69, 9.17) is 27.9 Å². The molecule has 5 heteroatoms. The summed E-state index contributed by atoms with van der Waals surface area (Å²) in [6.07, 6.45) is 0.179. The molecule has 0 fully saturated rings. The first-order valence-electron chi connectivity index (χ1n) is 5.89. The number of halogens is 3. The summed E-state index contributed by atoms with van der Waals surface area (Å²) >= 11 is 11.8. The molecule has 0 aliphatic carbocycles. The summed E-state index contributed by atoms with van der Waals surface area (Å²) in [6, 6.07) is 10.7. The van der Waals surface area contributed by atoms with Crippen LogP contribution in [0.4, 0.5) is 4.39 Å². The SMILES string of the molecule is O=C(COc1cccc(Cl)c1Cl)Cc1ccc(F)cc1. The van der Waals surface area contributed by atoms with Gasteiger partial charge in [-0.05, 0) is 29.8 Å². The predicted molar refractivity (Wildman–Crippen MR) is 77.1 cm³/mol. The minimum atomic E-state index is -0.330. The van der Waals surface area contributed by atoms with Gasteiger partial charge < -0.3 is 4.74 Å². The summed E-state index contributed by atoms with van der Waals surface area (Å²) in [7, 11) is 0. The van der Waals surface area contributed by atoms with Gasteiger partial charge in [-0.1, -0.05) is 41.4 Å². The summed E-state index contributed by atoms with van der Waals surface area (Å²) in [5, 5.41) is 0.652. The van der Waals surface area contributed by atoms with Crippen LogP contribution in [0.5, 0.6) is 5.75 Å². The molecule has 0 aromatic heterocycles. The van der Waals surface area contributed by atoms with E-state index in [0.29, 0.717) is 10.8 Å². The van der Waals surface area contributed by atoms with E-state index in [2.05, 4.69) is 0 Å². The van der Waals surface area contributed by atoms with Gasteiger partial charge in [0.15, 0.2) is 5.78 Å². The van der Waals surface area contributed by atoms with E-state index in [-0.39, 0.29) is 29.7 Å². The second kappa shape index (κ2) is 6.73. The van der Waals surface area contributed by atoms with Crippen molar-refractivity contribution >= 4 is 29.0 Å². The predicted octanol–water partition coefficient (Wildman–Crippen LogP) is 4.32. The van der Waals surface area contributed by atoms with Gasteiger partial charge in [0.2, 0.25) is 0 Å². The summed E-state index contributed by atoms with van der Waals surface area (Å²) in [4.78, 5) is 11.8. The van der Waals surface area contributed by atoms with Crippen molar-refractivity contribution in [2.75, 3.05) is 6.61 Å². The van der Waals surface area contributed by atoms with Gasteiger partial charge in [0, 0.05) is 6.42 Å². The molecule has 0 saturated carbocycles. The highest BCUT2D eigenvalue weighted by molar-refractivity contribution is 6.42. The number of rotatable bonds is 5. The second-order valence-corrected chi connectivity index (χ2v) is 4.97. The van der Waals surface area contributed by atoms with Crippen molar-refractivity contribution in [2.24, 2.45) is 0 Å². The molecule has 0 spiro atoms. The number of hydrogen-bond donors (Lipinski definition) is 0. The molecule has 2 aromatic carbocycles. The molecule has 0 heterocycles. The van der Waals surface area contributed by atoms with Gasteiger partial charge in [-0.2, -0.15) is 0 Å². The summed E-state index contributed by atoms with van der Waals surface area (Å²) in [6.45, 7) is -0.114. The van der Waals surface area contributed by atoms with Gasteiger partial charge in [-0.15, -0.1) is 0 Å². The van der Waals surface area contributed by atoms with Gasteiger partial charge in [0.1, 0.15) is 23.2 Å². The summed E-state index contributed by atoms with van der Waals surface area (Å²) < 4.78 is 18.1. The fraction of sp³-hybridized carbons (Fsp3) is 0.133. The van der Waals surface area contributed by atoms with Crippen molar-refractivity contribution in [1.29, 1.82) is 0 Å². The zero-order valence-corrected chi connectivity index (χ0v) is 11.9. The van der Waals surface area contributed by atoms with E-state index in [0.717, 1.165) is 5.56 Å². The zero-order chi connectivity index (χ0) is 14.5. The first-order chi connectivity index (χ1) is 9.56. The molecule has 2 rings (SSSR count). The molecule has 0 saturated heterocycles. The minimum absolute atomic E-state index is 0.114. The topological polar surface area (TPSA) is 26.3 Å². The van der Waals surface area contributed by atoms with E-state index in [1.807, 2.05) is 0 Å². The average Bonchev–Trinajstić information content (AvgIpc) is 2.43. The third-order valence-corrected chi connectivity index (χ3v) is 3.42. The van der Waals surface area contributed by atoms with Crippen LogP contribution in [0.3, 0.4) is 0 Å². The Morgan fingerprint density at radius 2 is 1.80 bits per heavy atom. The number of ketones is 1. The molecular weight excluding hydrogens is 302 g/mol. The lowest BCUT2D eigenvalue weighted by molar-refractivity contribution is -0.120. The Morgan fingerprint density at radius 3 is 2.50 bits per heavy atom. The Morgan fingerprint density at radius 1 is 1.10 bits per heavy atom. The number of benzene rings is 2. The Kier molecular flexibility index (Phi) is 4.99. The molecule has 0 bridgehead atoms. The van der Waals surface area contributed by atoms with E-state index in [1.165, 1.54) is 12.1 Å². The van der Waals surface area contributed by atoms with Gasteiger partial charge in [-0.3, -0.25) is 4.79 Å². The van der Waals surface area contributed by atoms with Gasteiger partial charge in [0.25, 0.3) is 0 Å². The highest BCUT2D eigenvalue weighted by atomic mass is 35.5. The lowest BCUT2D eigenvalue weighted by Crippen LogP contribution is -2.14. The van der Waals surface area contributed by atoms with Crippen molar-refractivity contribution in [3.05, 3.63) is 63.9 Å². The molecule has 0 aliphatic rings. The van der Waals surface area contributed by atoms with E-state index in [9.17, 15) is 9.18 Å². The molecule has 0 radical (unpaired) electrons. The highest BCUT2D eigenvalue weighted by Crippen LogP contribution is 2.31. The molecule has 0 unspecified atom stereocenters. The maximum absolute atomic E-state index is 12.7.